The van der Waals surface area contributed by atoms with E-state index >= 15 is 0 Å². The lowest BCUT2D eigenvalue weighted by Gasteiger charge is -2.30. The molecule has 1 aromatic carbocycles. The van der Waals surface area contributed by atoms with E-state index in [2.05, 4.69) is 6.92 Å². The standard InChI is InChI=1S/C20H31N3O3S.ClH/c1-20(14-21)11-12-23(15-20)19(24)16-7-6-10-18(13-16)27(25,26)22(2)17-8-4-3-5-9-17;/h6-7,10,13,17H,3-5,8-9,11-12,14-15,21H2,1-2H3;1H. The third-order valence-corrected chi connectivity index (χ3v) is 8.09. The molecule has 0 radical (unpaired) electrons. The minimum absolute atomic E-state index is 0. The molecule has 0 aromatic heterocycles. The Labute approximate surface area is 174 Å². The van der Waals surface area contributed by atoms with Crippen molar-refractivity contribution in [2.45, 2.75) is 56.4 Å². The van der Waals surface area contributed by atoms with Gasteiger partial charge in [0, 0.05) is 31.7 Å². The predicted octanol–water partition coefficient (Wildman–Crippen LogP) is 2.87. The average molecular weight is 430 g/mol. The fourth-order valence-electron chi connectivity index (χ4n) is 4.14. The van der Waals surface area contributed by atoms with Crippen molar-refractivity contribution in [2.24, 2.45) is 11.1 Å². The third-order valence-electron chi connectivity index (χ3n) is 6.18. The van der Waals surface area contributed by atoms with Crippen molar-refractivity contribution in [2.75, 3.05) is 26.7 Å². The van der Waals surface area contributed by atoms with E-state index in [4.69, 9.17) is 5.73 Å². The minimum atomic E-state index is -3.60. The van der Waals surface area contributed by atoms with E-state index in [9.17, 15) is 13.2 Å². The number of hydrogen-bond acceptors (Lipinski definition) is 4. The minimum Gasteiger partial charge on any atom is -0.338 e. The molecule has 158 valence electrons. The highest BCUT2D eigenvalue weighted by atomic mass is 35.5. The van der Waals surface area contributed by atoms with Crippen LogP contribution in [-0.4, -0.2) is 56.3 Å². The van der Waals surface area contributed by atoms with Crippen LogP contribution in [0.5, 0.6) is 0 Å². The van der Waals surface area contributed by atoms with Crippen LogP contribution in [0.1, 0.15) is 55.8 Å². The fourth-order valence-corrected chi connectivity index (χ4v) is 5.61. The predicted molar refractivity (Wildman–Crippen MR) is 113 cm³/mol. The average Bonchev–Trinajstić information content (AvgIpc) is 3.10. The maximum absolute atomic E-state index is 13.1. The van der Waals surface area contributed by atoms with E-state index in [1.165, 1.54) is 16.8 Å². The van der Waals surface area contributed by atoms with Crippen molar-refractivity contribution in [3.05, 3.63) is 29.8 Å². The van der Waals surface area contributed by atoms with E-state index in [1.807, 2.05) is 0 Å². The Morgan fingerprint density at radius 3 is 2.57 bits per heavy atom. The van der Waals surface area contributed by atoms with Crippen LogP contribution in [0.2, 0.25) is 0 Å². The van der Waals surface area contributed by atoms with Crippen LogP contribution in [-0.2, 0) is 10.0 Å². The summed E-state index contributed by atoms with van der Waals surface area (Å²) in [4.78, 5) is 14.9. The van der Waals surface area contributed by atoms with Crippen LogP contribution < -0.4 is 5.73 Å². The maximum Gasteiger partial charge on any atom is 0.253 e. The van der Waals surface area contributed by atoms with Crippen LogP contribution >= 0.6 is 12.4 Å². The molecule has 1 saturated heterocycles. The summed E-state index contributed by atoms with van der Waals surface area (Å²) in [6.45, 7) is 3.89. The molecule has 8 heteroatoms. The zero-order valence-electron chi connectivity index (χ0n) is 16.8. The number of amides is 1. The first-order chi connectivity index (χ1) is 12.8. The number of carbonyl (C=O) groups excluding carboxylic acids is 1. The molecular formula is C20H32ClN3O3S. The summed E-state index contributed by atoms with van der Waals surface area (Å²) >= 11 is 0. The lowest BCUT2D eigenvalue weighted by molar-refractivity contribution is 0.0776. The van der Waals surface area contributed by atoms with Gasteiger partial charge in [0.15, 0.2) is 0 Å². The fraction of sp³-hybridized carbons (Fsp3) is 0.650. The van der Waals surface area contributed by atoms with Gasteiger partial charge in [-0.05, 0) is 49.4 Å². The van der Waals surface area contributed by atoms with E-state index in [-0.39, 0.29) is 34.7 Å². The van der Waals surface area contributed by atoms with Gasteiger partial charge in [0.1, 0.15) is 0 Å². The molecule has 1 aromatic rings. The van der Waals surface area contributed by atoms with Gasteiger partial charge < -0.3 is 10.6 Å². The van der Waals surface area contributed by atoms with Crippen molar-refractivity contribution >= 4 is 28.3 Å². The Morgan fingerprint density at radius 2 is 1.96 bits per heavy atom. The Balaban J connectivity index is 0.00000280. The van der Waals surface area contributed by atoms with Gasteiger partial charge >= 0.3 is 0 Å². The van der Waals surface area contributed by atoms with Gasteiger partial charge in [0.05, 0.1) is 4.90 Å². The van der Waals surface area contributed by atoms with Gasteiger partial charge in [-0.2, -0.15) is 4.31 Å². The molecule has 1 aliphatic carbocycles. The molecule has 1 aliphatic heterocycles. The first kappa shape index (κ1) is 23.1. The summed E-state index contributed by atoms with van der Waals surface area (Å²) < 4.78 is 27.6. The van der Waals surface area contributed by atoms with Crippen molar-refractivity contribution in [1.82, 2.24) is 9.21 Å². The summed E-state index contributed by atoms with van der Waals surface area (Å²) in [5.74, 6) is -0.121. The van der Waals surface area contributed by atoms with Gasteiger partial charge in [-0.1, -0.05) is 32.3 Å². The normalized spacial score (nSPS) is 23.6. The van der Waals surface area contributed by atoms with Crippen LogP contribution in [0.3, 0.4) is 0 Å². The van der Waals surface area contributed by atoms with Crippen molar-refractivity contribution in [3.8, 4) is 0 Å². The van der Waals surface area contributed by atoms with E-state index in [1.54, 1.807) is 30.1 Å². The Bertz CT molecular complexity index is 796. The number of carbonyl (C=O) groups is 1. The highest BCUT2D eigenvalue weighted by molar-refractivity contribution is 7.89. The summed E-state index contributed by atoms with van der Waals surface area (Å²) in [6, 6.07) is 6.51. The first-order valence-corrected chi connectivity index (χ1v) is 11.3. The number of rotatable bonds is 5. The smallest absolute Gasteiger partial charge is 0.253 e. The Morgan fingerprint density at radius 1 is 1.29 bits per heavy atom. The van der Waals surface area contributed by atoms with Crippen LogP contribution in [0.25, 0.3) is 0 Å². The highest BCUT2D eigenvalue weighted by Gasteiger charge is 2.36. The van der Waals surface area contributed by atoms with Gasteiger partial charge in [-0.15, -0.1) is 12.4 Å². The second-order valence-electron chi connectivity index (χ2n) is 8.33. The van der Waals surface area contributed by atoms with Gasteiger partial charge in [-0.25, -0.2) is 8.42 Å². The van der Waals surface area contributed by atoms with Crippen molar-refractivity contribution in [3.63, 3.8) is 0 Å². The molecule has 3 rings (SSSR count). The molecule has 2 N–H and O–H groups in total. The molecule has 1 unspecified atom stereocenters. The number of nitrogens with zero attached hydrogens (tertiary/aromatic N) is 2. The van der Waals surface area contributed by atoms with Crippen LogP contribution in [0, 0.1) is 5.41 Å². The van der Waals surface area contributed by atoms with Gasteiger partial charge in [-0.3, -0.25) is 4.79 Å². The molecule has 1 heterocycles. The van der Waals surface area contributed by atoms with Gasteiger partial charge in [0.2, 0.25) is 10.0 Å². The molecule has 6 nitrogen and oxygen atoms in total. The van der Waals surface area contributed by atoms with E-state index < -0.39 is 10.0 Å². The molecule has 0 spiro atoms. The first-order valence-electron chi connectivity index (χ1n) is 9.84. The van der Waals surface area contributed by atoms with Gasteiger partial charge in [0.25, 0.3) is 5.91 Å². The molecule has 0 bridgehead atoms. The molecule has 1 amide bonds. The summed E-state index contributed by atoms with van der Waals surface area (Å²) in [5.41, 5.74) is 6.20. The van der Waals surface area contributed by atoms with Crippen molar-refractivity contribution in [1.29, 1.82) is 0 Å². The zero-order valence-corrected chi connectivity index (χ0v) is 18.4. The summed E-state index contributed by atoms with van der Waals surface area (Å²) in [6.07, 6.45) is 5.99. The number of nitrogens with two attached hydrogens (primary N) is 1. The summed E-state index contributed by atoms with van der Waals surface area (Å²) in [5, 5.41) is 0. The van der Waals surface area contributed by atoms with E-state index in [0.29, 0.717) is 25.2 Å². The maximum atomic E-state index is 13.1. The number of benzene rings is 1. The molecule has 1 saturated carbocycles. The van der Waals surface area contributed by atoms with Crippen LogP contribution in [0.4, 0.5) is 0 Å². The van der Waals surface area contributed by atoms with Crippen LogP contribution in [0.15, 0.2) is 29.2 Å². The van der Waals surface area contributed by atoms with E-state index in [0.717, 1.165) is 32.1 Å². The topological polar surface area (TPSA) is 83.7 Å². The Kier molecular flexibility index (Phi) is 7.53. The molecule has 2 fully saturated rings. The Hall–Kier alpha value is -1.15. The quantitative estimate of drug-likeness (QED) is 0.779. The number of sulfonamides is 1. The molecular weight excluding hydrogens is 398 g/mol. The lowest BCUT2D eigenvalue weighted by Crippen LogP contribution is -2.38. The monoisotopic (exact) mass is 429 g/mol. The number of hydrogen-bond donors (Lipinski definition) is 1. The largest absolute Gasteiger partial charge is 0.338 e. The molecule has 2 aliphatic rings. The number of likely N-dealkylation sites (tertiary alicyclic amines) is 1. The third kappa shape index (κ3) is 4.70. The van der Waals surface area contributed by atoms with Crippen molar-refractivity contribution < 1.29 is 13.2 Å². The highest BCUT2D eigenvalue weighted by Crippen LogP contribution is 2.30. The molecule has 28 heavy (non-hydrogen) atoms. The second kappa shape index (κ2) is 9.11. The molecule has 1 atom stereocenters. The lowest BCUT2D eigenvalue weighted by atomic mass is 9.90. The SMILES string of the molecule is CN(C1CCCCC1)S(=O)(=O)c1cccc(C(=O)N2CCC(C)(CN)C2)c1.Cl. The summed E-state index contributed by atoms with van der Waals surface area (Å²) in [7, 11) is -1.94. The zero-order chi connectivity index (χ0) is 19.7. The number of halogens is 1. The second-order valence-corrected chi connectivity index (χ2v) is 10.3.